The van der Waals surface area contributed by atoms with Crippen LogP contribution in [0.3, 0.4) is 0 Å². The van der Waals surface area contributed by atoms with E-state index in [-0.39, 0.29) is 17.4 Å². The number of carbonyl (C=O) groups excluding carboxylic acids is 2. The van der Waals surface area contributed by atoms with E-state index >= 15 is 0 Å². The summed E-state index contributed by atoms with van der Waals surface area (Å²) in [6, 6.07) is 15.3. The smallest absolute Gasteiger partial charge is 0.294 e. The monoisotopic (exact) mass is 420 g/mol. The van der Waals surface area contributed by atoms with Crippen LogP contribution in [0.5, 0.6) is 0 Å². The molecule has 0 unspecified atom stereocenters. The quantitative estimate of drug-likeness (QED) is 0.598. The van der Waals surface area contributed by atoms with Crippen molar-refractivity contribution in [2.24, 2.45) is 0 Å². The van der Waals surface area contributed by atoms with Crippen molar-refractivity contribution in [2.75, 3.05) is 4.90 Å². The van der Waals surface area contributed by atoms with Gasteiger partial charge in [0, 0.05) is 17.3 Å². The van der Waals surface area contributed by atoms with Gasteiger partial charge in [-0.05, 0) is 50.1 Å². The molecular weight excluding hydrogens is 395 g/mol. The van der Waals surface area contributed by atoms with E-state index in [1.165, 1.54) is 23.3 Å². The largest absolute Gasteiger partial charge is 0.459 e. The number of anilines is 1. The van der Waals surface area contributed by atoms with Crippen molar-refractivity contribution in [2.45, 2.75) is 44.7 Å². The maximum absolute atomic E-state index is 14.9. The van der Waals surface area contributed by atoms with Crippen molar-refractivity contribution in [3.63, 3.8) is 0 Å². The average molecular weight is 420 g/mol. The molecule has 0 bridgehead atoms. The average Bonchev–Trinajstić information content (AvgIpc) is 3.47. The zero-order chi connectivity index (χ0) is 21.8. The Bertz CT molecular complexity index is 1040. The number of halogens is 1. The van der Waals surface area contributed by atoms with Gasteiger partial charge in [0.2, 0.25) is 5.91 Å². The van der Waals surface area contributed by atoms with Gasteiger partial charge in [0.25, 0.3) is 5.91 Å². The first-order valence-corrected chi connectivity index (χ1v) is 10.5. The molecule has 1 N–H and O–H groups in total. The Morgan fingerprint density at radius 3 is 2.39 bits per heavy atom. The predicted octanol–water partition coefficient (Wildman–Crippen LogP) is 5.17. The summed E-state index contributed by atoms with van der Waals surface area (Å²) in [7, 11) is 0. The van der Waals surface area contributed by atoms with Gasteiger partial charge < -0.3 is 9.73 Å². The molecule has 3 aromatic rings. The first kappa shape index (κ1) is 20.8. The summed E-state index contributed by atoms with van der Waals surface area (Å²) in [5.41, 5.74) is 1.63. The predicted molar refractivity (Wildman–Crippen MR) is 116 cm³/mol. The van der Waals surface area contributed by atoms with E-state index in [1.54, 1.807) is 36.4 Å². The van der Waals surface area contributed by atoms with Crippen LogP contribution in [0.15, 0.2) is 71.3 Å². The number of hydrogen-bond donors (Lipinski definition) is 1. The van der Waals surface area contributed by atoms with Gasteiger partial charge in [-0.15, -0.1) is 0 Å². The first-order chi connectivity index (χ1) is 15.0. The van der Waals surface area contributed by atoms with Gasteiger partial charge in [-0.1, -0.05) is 48.7 Å². The van der Waals surface area contributed by atoms with Gasteiger partial charge in [-0.3, -0.25) is 14.5 Å². The van der Waals surface area contributed by atoms with E-state index in [4.69, 9.17) is 4.42 Å². The number of furan rings is 1. The first-order valence-electron chi connectivity index (χ1n) is 10.5. The molecule has 1 aromatic heterocycles. The van der Waals surface area contributed by atoms with Gasteiger partial charge in [0.15, 0.2) is 5.76 Å². The van der Waals surface area contributed by atoms with Gasteiger partial charge in [-0.25, -0.2) is 4.39 Å². The molecule has 0 saturated heterocycles. The van der Waals surface area contributed by atoms with Crippen molar-refractivity contribution >= 4 is 17.5 Å². The number of hydrogen-bond acceptors (Lipinski definition) is 3. The topological polar surface area (TPSA) is 62.6 Å². The van der Waals surface area contributed by atoms with Crippen molar-refractivity contribution in [1.82, 2.24) is 5.32 Å². The van der Waals surface area contributed by atoms with Crippen LogP contribution < -0.4 is 10.2 Å². The molecule has 1 heterocycles. The van der Waals surface area contributed by atoms with Crippen molar-refractivity contribution in [1.29, 1.82) is 0 Å². The molecule has 1 aliphatic carbocycles. The third-order valence-electron chi connectivity index (χ3n) is 5.67. The molecule has 2 amide bonds. The molecule has 31 heavy (non-hydrogen) atoms. The Hall–Kier alpha value is -3.41. The lowest BCUT2D eigenvalue weighted by atomic mass is 10.0. The number of amides is 2. The van der Waals surface area contributed by atoms with Crippen molar-refractivity contribution in [3.8, 4) is 0 Å². The minimum Gasteiger partial charge on any atom is -0.459 e. The van der Waals surface area contributed by atoms with Crippen LogP contribution in [-0.2, 0) is 4.79 Å². The van der Waals surface area contributed by atoms with Crippen LogP contribution in [-0.4, -0.2) is 17.9 Å². The minimum atomic E-state index is -1.18. The number of rotatable bonds is 6. The molecule has 1 saturated carbocycles. The Labute approximate surface area is 180 Å². The van der Waals surface area contributed by atoms with Crippen LogP contribution in [0, 0.1) is 12.7 Å². The molecule has 1 atom stereocenters. The Morgan fingerprint density at radius 1 is 1.03 bits per heavy atom. The summed E-state index contributed by atoms with van der Waals surface area (Å²) in [6.07, 6.45) is 5.25. The zero-order valence-corrected chi connectivity index (χ0v) is 17.4. The molecule has 0 radical (unpaired) electrons. The fraction of sp³-hybridized carbons (Fsp3) is 0.280. The maximum atomic E-state index is 14.9. The second-order valence-corrected chi connectivity index (χ2v) is 7.90. The number of carbonyl (C=O) groups is 2. The Kier molecular flexibility index (Phi) is 6.16. The highest BCUT2D eigenvalue weighted by Crippen LogP contribution is 2.32. The number of aryl methyl sites for hydroxylation is 1. The Morgan fingerprint density at radius 2 is 1.74 bits per heavy atom. The number of nitrogens with zero attached hydrogens (tertiary/aromatic N) is 1. The second-order valence-electron chi connectivity index (χ2n) is 7.90. The van der Waals surface area contributed by atoms with Crippen LogP contribution in [0.4, 0.5) is 10.1 Å². The summed E-state index contributed by atoms with van der Waals surface area (Å²) < 4.78 is 20.3. The van der Waals surface area contributed by atoms with E-state index < -0.39 is 23.7 Å². The molecule has 6 heteroatoms. The third kappa shape index (κ3) is 4.53. The summed E-state index contributed by atoms with van der Waals surface area (Å²) in [5.74, 6) is -1.38. The number of nitrogens with one attached hydrogen (secondary N) is 1. The normalized spacial score (nSPS) is 14.9. The summed E-state index contributed by atoms with van der Waals surface area (Å²) in [5, 5.41) is 3.04. The highest BCUT2D eigenvalue weighted by molar-refractivity contribution is 6.08. The number of benzene rings is 2. The van der Waals surface area contributed by atoms with Crippen molar-refractivity contribution in [3.05, 3.63) is 89.6 Å². The lowest BCUT2D eigenvalue weighted by molar-refractivity contribution is -0.123. The van der Waals surface area contributed by atoms with Gasteiger partial charge in [0.05, 0.1) is 6.26 Å². The zero-order valence-electron chi connectivity index (χ0n) is 17.4. The van der Waals surface area contributed by atoms with Crippen LogP contribution in [0.1, 0.15) is 53.4 Å². The van der Waals surface area contributed by atoms with Gasteiger partial charge in [0.1, 0.15) is 11.9 Å². The maximum Gasteiger partial charge on any atom is 0.294 e. The van der Waals surface area contributed by atoms with Crippen molar-refractivity contribution < 1.29 is 18.4 Å². The van der Waals surface area contributed by atoms with Crippen LogP contribution in [0.2, 0.25) is 0 Å². The molecule has 2 aromatic carbocycles. The lowest BCUT2D eigenvalue weighted by Gasteiger charge is -2.32. The molecule has 4 rings (SSSR count). The standard InChI is InChI=1S/C25H25FN2O3/c1-17-12-14-19(15-13-17)28(25(30)22-11-6-16-31-22)23(20-9-4-5-10-21(20)26)24(29)27-18-7-2-3-8-18/h4-6,9-16,18,23H,2-3,7-8H2,1H3,(H,27,29)/t23-/m1/s1. The second kappa shape index (κ2) is 9.16. The molecule has 160 valence electrons. The minimum absolute atomic E-state index is 0.0281. The third-order valence-corrected chi connectivity index (χ3v) is 5.67. The van der Waals surface area contributed by atoms with Crippen LogP contribution >= 0.6 is 0 Å². The molecule has 1 fully saturated rings. The molecule has 0 aliphatic heterocycles. The summed E-state index contributed by atoms with van der Waals surface area (Å²) >= 11 is 0. The molecule has 1 aliphatic rings. The van der Waals surface area contributed by atoms with E-state index in [0.29, 0.717) is 5.69 Å². The van der Waals surface area contributed by atoms with E-state index in [1.807, 2.05) is 19.1 Å². The fourth-order valence-corrected chi connectivity index (χ4v) is 4.05. The van der Waals surface area contributed by atoms with Gasteiger partial charge in [-0.2, -0.15) is 0 Å². The SMILES string of the molecule is Cc1ccc(N(C(=O)c2ccco2)[C@@H](C(=O)NC2CCCC2)c2ccccc2F)cc1. The highest BCUT2D eigenvalue weighted by Gasteiger charge is 2.37. The Balaban J connectivity index is 1.82. The lowest BCUT2D eigenvalue weighted by Crippen LogP contribution is -2.46. The summed E-state index contributed by atoms with van der Waals surface area (Å²) in [6.45, 7) is 1.93. The molecule has 0 spiro atoms. The van der Waals surface area contributed by atoms with E-state index in [2.05, 4.69) is 5.32 Å². The summed E-state index contributed by atoms with van der Waals surface area (Å²) in [4.78, 5) is 28.3. The van der Waals surface area contributed by atoms with E-state index in [0.717, 1.165) is 31.2 Å². The fourth-order valence-electron chi connectivity index (χ4n) is 4.05. The van der Waals surface area contributed by atoms with Crippen LogP contribution in [0.25, 0.3) is 0 Å². The molecular formula is C25H25FN2O3. The van der Waals surface area contributed by atoms with Gasteiger partial charge >= 0.3 is 0 Å². The molecule has 5 nitrogen and oxygen atoms in total. The highest BCUT2D eigenvalue weighted by atomic mass is 19.1. The van der Waals surface area contributed by atoms with E-state index in [9.17, 15) is 14.0 Å².